The zero-order valence-electron chi connectivity index (χ0n) is 18.3. The van der Waals surface area contributed by atoms with Crippen LogP contribution in [0.1, 0.15) is 30.0 Å². The Balaban J connectivity index is 1.71. The molecule has 0 bridgehead atoms. The summed E-state index contributed by atoms with van der Waals surface area (Å²) in [6.07, 6.45) is 4.63. The van der Waals surface area contributed by atoms with Gasteiger partial charge in [-0.05, 0) is 44.2 Å². The van der Waals surface area contributed by atoms with Crippen molar-refractivity contribution in [3.05, 3.63) is 81.6 Å². The number of benzene rings is 1. The number of nitrogens with zero attached hydrogens (tertiary/aromatic N) is 6. The van der Waals surface area contributed by atoms with Crippen LogP contribution in [0.5, 0.6) is 0 Å². The van der Waals surface area contributed by atoms with Crippen LogP contribution in [0.3, 0.4) is 0 Å². The van der Waals surface area contributed by atoms with Gasteiger partial charge in [0.2, 0.25) is 0 Å². The number of nitrogens with one attached hydrogen (secondary N) is 1. The van der Waals surface area contributed by atoms with Crippen molar-refractivity contribution in [2.45, 2.75) is 20.4 Å². The maximum Gasteiger partial charge on any atom is 0.284 e. The zero-order chi connectivity index (χ0) is 24.0. The number of Topliss-reactive ketones (excluding diaryl/α,β-unsaturated/α-hetero) is 1. The van der Waals surface area contributed by atoms with E-state index in [1.54, 1.807) is 18.5 Å². The summed E-state index contributed by atoms with van der Waals surface area (Å²) in [5.41, 5.74) is 1.28. The summed E-state index contributed by atoms with van der Waals surface area (Å²) >= 11 is 6.25. The van der Waals surface area contributed by atoms with Gasteiger partial charge in [-0.1, -0.05) is 11.6 Å². The molecule has 0 aliphatic carbocycles. The van der Waals surface area contributed by atoms with E-state index in [0.29, 0.717) is 40.5 Å². The summed E-state index contributed by atoms with van der Waals surface area (Å²) in [7, 11) is 0. The third-order valence-corrected chi connectivity index (χ3v) is 5.94. The van der Waals surface area contributed by atoms with Gasteiger partial charge in [-0.25, -0.2) is 18.9 Å². The number of carbonyl (C=O) groups is 1. The van der Waals surface area contributed by atoms with E-state index in [1.807, 2.05) is 11.8 Å². The molecule has 11 heteroatoms. The van der Waals surface area contributed by atoms with E-state index >= 15 is 0 Å². The summed E-state index contributed by atoms with van der Waals surface area (Å²) in [6, 6.07) is 7.16. The number of carbonyl (C=O) groups excluding carboxylic acids is 1. The molecule has 9 nitrogen and oxygen atoms in total. The van der Waals surface area contributed by atoms with Gasteiger partial charge >= 0.3 is 0 Å². The lowest BCUT2D eigenvalue weighted by Crippen LogP contribution is -2.32. The van der Waals surface area contributed by atoms with Crippen LogP contribution in [0.15, 0.2) is 53.8 Å². The maximum absolute atomic E-state index is 13.6. The highest BCUT2D eigenvalue weighted by molar-refractivity contribution is 6.33. The highest BCUT2D eigenvalue weighted by Gasteiger charge is 2.22. The molecule has 0 saturated heterocycles. The molecule has 0 saturated carbocycles. The zero-order valence-corrected chi connectivity index (χ0v) is 19.0. The highest BCUT2D eigenvalue weighted by Crippen LogP contribution is 2.28. The van der Waals surface area contributed by atoms with Crippen molar-refractivity contribution in [1.82, 2.24) is 29.1 Å². The average Bonchev–Trinajstić information content (AvgIpc) is 3.42. The maximum atomic E-state index is 13.6. The van der Waals surface area contributed by atoms with Crippen LogP contribution >= 0.6 is 11.6 Å². The van der Waals surface area contributed by atoms with E-state index in [9.17, 15) is 14.0 Å². The second-order valence-electron chi connectivity index (χ2n) is 7.68. The Kier molecular flexibility index (Phi) is 5.37. The Morgan fingerprint density at radius 2 is 1.97 bits per heavy atom. The quantitative estimate of drug-likeness (QED) is 0.372. The largest absolute Gasteiger partial charge is 0.349 e. The fraction of sp³-hybridized carbons (Fsp3) is 0.174. The molecule has 34 heavy (non-hydrogen) atoms. The lowest BCUT2D eigenvalue weighted by Gasteiger charge is -2.24. The second kappa shape index (κ2) is 8.38. The van der Waals surface area contributed by atoms with E-state index in [2.05, 4.69) is 20.1 Å². The van der Waals surface area contributed by atoms with Crippen LogP contribution in [-0.4, -0.2) is 41.5 Å². The number of ketones is 1. The fourth-order valence-corrected chi connectivity index (χ4v) is 4.23. The molecule has 1 aromatic carbocycles. The van der Waals surface area contributed by atoms with Gasteiger partial charge in [-0.2, -0.15) is 5.10 Å². The number of aromatic nitrogens is 6. The van der Waals surface area contributed by atoms with Crippen molar-refractivity contribution in [3.63, 3.8) is 0 Å². The first-order valence-electron chi connectivity index (χ1n) is 10.5. The Labute approximate surface area is 197 Å². The number of aromatic amines is 1. The molecule has 5 rings (SSSR count). The summed E-state index contributed by atoms with van der Waals surface area (Å²) in [4.78, 5) is 39.2. The molecule has 0 amide bonds. The molecule has 4 heterocycles. The molecular formula is C23H19ClFN7O2. The molecule has 172 valence electrons. The highest BCUT2D eigenvalue weighted by atomic mass is 35.5. The van der Waals surface area contributed by atoms with Crippen molar-refractivity contribution in [2.75, 3.05) is 11.4 Å². The minimum absolute atomic E-state index is 0.122. The van der Waals surface area contributed by atoms with Gasteiger partial charge < -0.3 is 9.88 Å². The number of halogens is 2. The monoisotopic (exact) mass is 479 g/mol. The van der Waals surface area contributed by atoms with Crippen LogP contribution in [0.4, 0.5) is 10.2 Å². The van der Waals surface area contributed by atoms with E-state index in [-0.39, 0.29) is 28.4 Å². The minimum Gasteiger partial charge on any atom is -0.349 e. The molecule has 0 radical (unpaired) electrons. The summed E-state index contributed by atoms with van der Waals surface area (Å²) in [5.74, 6) is 0.369. The summed E-state index contributed by atoms with van der Waals surface area (Å²) in [6.45, 7) is 4.08. The van der Waals surface area contributed by atoms with Crippen molar-refractivity contribution >= 4 is 39.8 Å². The van der Waals surface area contributed by atoms with Gasteiger partial charge in [0.1, 0.15) is 29.1 Å². The smallest absolute Gasteiger partial charge is 0.284 e. The Morgan fingerprint density at radius 1 is 1.21 bits per heavy atom. The Morgan fingerprint density at radius 3 is 2.68 bits per heavy atom. The molecule has 0 atom stereocenters. The lowest BCUT2D eigenvalue weighted by molar-refractivity contribution is 0.101. The normalized spacial score (nSPS) is 11.4. The summed E-state index contributed by atoms with van der Waals surface area (Å²) < 4.78 is 16.4. The van der Waals surface area contributed by atoms with E-state index in [0.717, 1.165) is 0 Å². The van der Waals surface area contributed by atoms with Gasteiger partial charge in [0.05, 0.1) is 22.6 Å². The first kappa shape index (κ1) is 21.8. The number of hydrogen-bond donors (Lipinski definition) is 1. The number of anilines is 1. The van der Waals surface area contributed by atoms with Crippen molar-refractivity contribution < 1.29 is 9.18 Å². The number of hydrogen-bond acceptors (Lipinski definition) is 6. The van der Waals surface area contributed by atoms with E-state index < -0.39 is 5.82 Å². The first-order valence-corrected chi connectivity index (χ1v) is 10.9. The molecule has 0 unspecified atom stereocenters. The molecule has 0 aliphatic heterocycles. The number of rotatable bonds is 6. The van der Waals surface area contributed by atoms with Gasteiger partial charge in [0.15, 0.2) is 11.6 Å². The van der Waals surface area contributed by atoms with Crippen LogP contribution in [0, 0.1) is 5.82 Å². The SMILES string of the molecule is CCN(Cc1nn2ccc(Cl)c2c(=O)n1-c1ccc(F)cc1)c1ncnc2[nH]cc(C(C)=O)c12. The molecule has 4 aromatic heterocycles. The number of fused-ring (bicyclic) bond motifs is 2. The topological polar surface area (TPSA) is 101 Å². The molecule has 5 aromatic rings. The average molecular weight is 480 g/mol. The first-order chi connectivity index (χ1) is 16.4. The van der Waals surface area contributed by atoms with Gasteiger partial charge in [-0.15, -0.1) is 0 Å². The molecule has 0 aliphatic rings. The molecule has 0 spiro atoms. The van der Waals surface area contributed by atoms with Gasteiger partial charge in [0, 0.05) is 24.5 Å². The Bertz CT molecular complexity index is 1600. The van der Waals surface area contributed by atoms with E-state index in [4.69, 9.17) is 11.6 Å². The third-order valence-electron chi connectivity index (χ3n) is 5.63. The van der Waals surface area contributed by atoms with Crippen LogP contribution in [0.25, 0.3) is 22.2 Å². The Hall–Kier alpha value is -4.05. The van der Waals surface area contributed by atoms with Crippen molar-refractivity contribution in [3.8, 4) is 5.69 Å². The number of H-pyrrole nitrogens is 1. The van der Waals surface area contributed by atoms with Crippen LogP contribution < -0.4 is 10.5 Å². The molecular weight excluding hydrogens is 461 g/mol. The van der Waals surface area contributed by atoms with Gasteiger partial charge in [-0.3, -0.25) is 14.2 Å². The second-order valence-corrected chi connectivity index (χ2v) is 8.09. The molecule has 0 fully saturated rings. The van der Waals surface area contributed by atoms with Crippen molar-refractivity contribution in [1.29, 1.82) is 0 Å². The molecule has 1 N–H and O–H groups in total. The fourth-order valence-electron chi connectivity index (χ4n) is 4.00. The predicted molar refractivity (Wildman–Crippen MR) is 126 cm³/mol. The third kappa shape index (κ3) is 3.52. The van der Waals surface area contributed by atoms with Crippen LogP contribution in [-0.2, 0) is 6.54 Å². The van der Waals surface area contributed by atoms with E-state index in [1.165, 1.54) is 46.6 Å². The van der Waals surface area contributed by atoms with Crippen molar-refractivity contribution in [2.24, 2.45) is 0 Å². The van der Waals surface area contributed by atoms with Crippen LogP contribution in [0.2, 0.25) is 5.02 Å². The van der Waals surface area contributed by atoms with Gasteiger partial charge in [0.25, 0.3) is 5.56 Å². The summed E-state index contributed by atoms with van der Waals surface area (Å²) in [5, 5.41) is 5.50. The lowest BCUT2D eigenvalue weighted by atomic mass is 10.1. The standard InChI is InChI=1S/C23H19ClFN7O2/c1-3-30(22-19-16(13(2)33)10-26-21(19)27-12-28-22)11-18-29-31-9-8-17(24)20(31)23(34)32(18)15-6-4-14(25)5-7-15/h4-10,12H,3,11H2,1-2H3,(H,26,27,28). The minimum atomic E-state index is -0.420. The predicted octanol–water partition coefficient (Wildman–Crippen LogP) is 3.78.